The van der Waals surface area contributed by atoms with E-state index < -0.39 is 0 Å². The molecule has 1 aromatic carbocycles. The second-order valence-electron chi connectivity index (χ2n) is 6.16. The number of thiazole rings is 1. The van der Waals surface area contributed by atoms with Crippen molar-refractivity contribution in [3.63, 3.8) is 0 Å². The topological polar surface area (TPSA) is 57.3 Å². The van der Waals surface area contributed by atoms with Gasteiger partial charge in [-0.2, -0.15) is 0 Å². The van der Waals surface area contributed by atoms with Crippen molar-refractivity contribution < 1.29 is 4.79 Å². The van der Waals surface area contributed by atoms with Crippen molar-refractivity contribution in [1.29, 1.82) is 0 Å². The molecule has 1 aromatic heterocycles. The summed E-state index contributed by atoms with van der Waals surface area (Å²) in [5.41, 5.74) is 2.05. The van der Waals surface area contributed by atoms with Gasteiger partial charge in [-0.15, -0.1) is 11.3 Å². The first-order valence-electron chi connectivity index (χ1n) is 8.43. The normalized spacial score (nSPS) is 16.0. The zero-order valence-electron chi connectivity index (χ0n) is 14.0. The molecule has 2 aromatic rings. The van der Waals surface area contributed by atoms with Gasteiger partial charge in [0, 0.05) is 11.9 Å². The van der Waals surface area contributed by atoms with Gasteiger partial charge in [-0.1, -0.05) is 30.3 Å². The fraction of sp³-hybridized carbons (Fsp3) is 0.444. The zero-order chi connectivity index (χ0) is 16.8. The van der Waals surface area contributed by atoms with Crippen molar-refractivity contribution in [2.45, 2.75) is 32.4 Å². The van der Waals surface area contributed by atoms with Crippen molar-refractivity contribution >= 4 is 17.4 Å². The van der Waals surface area contributed by atoms with Gasteiger partial charge in [0.1, 0.15) is 0 Å². The molecule has 0 bridgehead atoms. The molecule has 1 saturated heterocycles. The Balaban J connectivity index is 1.58. The first-order chi connectivity index (χ1) is 11.7. The highest BCUT2D eigenvalue weighted by Gasteiger charge is 2.20. The van der Waals surface area contributed by atoms with Crippen molar-refractivity contribution in [3.05, 3.63) is 52.0 Å². The number of aryl methyl sites for hydroxylation is 1. The number of nitrogens with one attached hydrogen (secondary N) is 2. The smallest absolute Gasteiger partial charge is 0.315 e. The van der Waals surface area contributed by atoms with Gasteiger partial charge in [0.05, 0.1) is 23.3 Å². The number of hydrogen-bond donors (Lipinski definition) is 2. The van der Waals surface area contributed by atoms with E-state index in [9.17, 15) is 4.79 Å². The highest BCUT2D eigenvalue weighted by atomic mass is 32.1. The Bertz CT molecular complexity index is 652. The first-order valence-corrected chi connectivity index (χ1v) is 9.31. The maximum absolute atomic E-state index is 12.3. The van der Waals surface area contributed by atoms with E-state index in [4.69, 9.17) is 0 Å². The van der Waals surface area contributed by atoms with Crippen LogP contribution in [0.5, 0.6) is 0 Å². The molecule has 128 valence electrons. The summed E-state index contributed by atoms with van der Waals surface area (Å²) in [4.78, 5) is 19.1. The van der Waals surface area contributed by atoms with Crippen LogP contribution in [0.15, 0.2) is 35.7 Å². The van der Waals surface area contributed by atoms with Gasteiger partial charge in [0.15, 0.2) is 0 Å². The average Bonchev–Trinajstić information content (AvgIpc) is 3.25. The van der Waals surface area contributed by atoms with Gasteiger partial charge >= 0.3 is 6.03 Å². The van der Waals surface area contributed by atoms with Crippen LogP contribution in [0.1, 0.15) is 35.1 Å². The number of urea groups is 1. The molecular formula is C18H24N4OS. The van der Waals surface area contributed by atoms with E-state index >= 15 is 0 Å². The van der Waals surface area contributed by atoms with Crippen molar-refractivity contribution in [1.82, 2.24) is 20.5 Å². The van der Waals surface area contributed by atoms with E-state index in [0.717, 1.165) is 35.9 Å². The van der Waals surface area contributed by atoms with Crippen LogP contribution in [0.25, 0.3) is 0 Å². The Labute approximate surface area is 147 Å². The summed E-state index contributed by atoms with van der Waals surface area (Å²) in [6, 6.07) is 10.0. The number of likely N-dealkylation sites (tertiary alicyclic amines) is 1. The van der Waals surface area contributed by atoms with Crippen LogP contribution in [0.3, 0.4) is 0 Å². The second-order valence-corrected chi connectivity index (χ2v) is 7.22. The number of nitrogens with zero attached hydrogens (tertiary/aromatic N) is 2. The lowest BCUT2D eigenvalue weighted by atomic mass is 10.1. The second kappa shape index (κ2) is 8.26. The molecular weight excluding hydrogens is 320 g/mol. The summed E-state index contributed by atoms with van der Waals surface area (Å²) in [5.74, 6) is 0. The lowest BCUT2D eigenvalue weighted by Gasteiger charge is -2.25. The largest absolute Gasteiger partial charge is 0.332 e. The number of hydrogen-bond acceptors (Lipinski definition) is 4. The molecule has 0 unspecified atom stereocenters. The van der Waals surface area contributed by atoms with Crippen LogP contribution in [0.2, 0.25) is 0 Å². The lowest BCUT2D eigenvalue weighted by Crippen LogP contribution is -2.42. The van der Waals surface area contributed by atoms with Gasteiger partial charge in [0.25, 0.3) is 0 Å². The minimum atomic E-state index is -0.145. The molecule has 1 atom stereocenters. The van der Waals surface area contributed by atoms with Gasteiger partial charge in [-0.05, 0) is 38.4 Å². The molecule has 2 heterocycles. The highest BCUT2D eigenvalue weighted by molar-refractivity contribution is 7.09. The molecule has 2 N–H and O–H groups in total. The number of carbonyl (C=O) groups is 1. The highest BCUT2D eigenvalue weighted by Crippen LogP contribution is 2.17. The third-order valence-corrected chi connectivity index (χ3v) is 5.07. The summed E-state index contributed by atoms with van der Waals surface area (Å²) >= 11 is 1.60. The van der Waals surface area contributed by atoms with Crippen LogP contribution in [0.4, 0.5) is 4.79 Å². The molecule has 24 heavy (non-hydrogen) atoms. The Morgan fingerprint density at radius 3 is 2.71 bits per heavy atom. The Morgan fingerprint density at radius 1 is 1.29 bits per heavy atom. The van der Waals surface area contributed by atoms with Crippen LogP contribution in [-0.2, 0) is 6.54 Å². The monoisotopic (exact) mass is 344 g/mol. The number of amides is 2. The Morgan fingerprint density at radius 2 is 2.04 bits per heavy atom. The summed E-state index contributed by atoms with van der Waals surface area (Å²) in [6.45, 7) is 5.51. The van der Waals surface area contributed by atoms with Crippen molar-refractivity contribution in [2.75, 3.05) is 19.6 Å². The minimum absolute atomic E-state index is 0.00136. The average molecular weight is 344 g/mol. The van der Waals surface area contributed by atoms with E-state index in [1.807, 2.05) is 30.5 Å². The summed E-state index contributed by atoms with van der Waals surface area (Å²) in [7, 11) is 0. The van der Waals surface area contributed by atoms with E-state index in [1.165, 1.54) is 12.8 Å². The molecule has 0 radical (unpaired) electrons. The van der Waals surface area contributed by atoms with E-state index in [-0.39, 0.29) is 12.1 Å². The lowest BCUT2D eigenvalue weighted by molar-refractivity contribution is 0.229. The number of aromatic nitrogens is 1. The van der Waals surface area contributed by atoms with Crippen LogP contribution in [-0.4, -0.2) is 35.5 Å². The Hall–Kier alpha value is -1.92. The molecule has 0 spiro atoms. The fourth-order valence-electron chi connectivity index (χ4n) is 3.01. The quantitative estimate of drug-likeness (QED) is 0.847. The summed E-state index contributed by atoms with van der Waals surface area (Å²) < 4.78 is 0. The molecule has 2 amide bonds. The molecule has 3 rings (SSSR count). The predicted molar refractivity (Wildman–Crippen MR) is 97.1 cm³/mol. The molecule has 5 nitrogen and oxygen atoms in total. The van der Waals surface area contributed by atoms with E-state index in [2.05, 4.69) is 32.7 Å². The first kappa shape index (κ1) is 16.9. The van der Waals surface area contributed by atoms with Gasteiger partial charge in [0.2, 0.25) is 0 Å². The predicted octanol–water partition coefficient (Wildman–Crippen LogP) is 3.09. The minimum Gasteiger partial charge on any atom is -0.332 e. The van der Waals surface area contributed by atoms with E-state index in [0.29, 0.717) is 6.54 Å². The molecule has 1 aliphatic rings. The fourth-order valence-corrected chi connectivity index (χ4v) is 3.63. The molecule has 0 aliphatic carbocycles. The number of rotatable bonds is 6. The standard InChI is InChI=1S/C18H24N4OS/c1-14-20-16(13-24-14)11-19-18(23)21-17(12-22-9-5-6-10-22)15-7-3-2-4-8-15/h2-4,7-8,13,17H,5-6,9-12H2,1H3,(H2,19,21,23)/t17-/m0/s1. The molecule has 6 heteroatoms. The maximum Gasteiger partial charge on any atom is 0.315 e. The maximum atomic E-state index is 12.3. The van der Waals surface area contributed by atoms with Crippen molar-refractivity contribution in [2.24, 2.45) is 0 Å². The van der Waals surface area contributed by atoms with Gasteiger partial charge in [-0.3, -0.25) is 0 Å². The SMILES string of the molecule is Cc1nc(CNC(=O)N[C@@H](CN2CCCC2)c2ccccc2)cs1. The third kappa shape index (κ3) is 4.79. The number of carbonyl (C=O) groups excluding carboxylic acids is 1. The van der Waals surface area contributed by atoms with Gasteiger partial charge < -0.3 is 15.5 Å². The molecule has 1 aliphatic heterocycles. The van der Waals surface area contributed by atoms with E-state index in [1.54, 1.807) is 11.3 Å². The summed E-state index contributed by atoms with van der Waals surface area (Å²) in [5, 5.41) is 9.03. The van der Waals surface area contributed by atoms with Crippen LogP contribution < -0.4 is 10.6 Å². The van der Waals surface area contributed by atoms with Crippen LogP contribution in [0, 0.1) is 6.92 Å². The molecule has 0 saturated carbocycles. The van der Waals surface area contributed by atoms with Gasteiger partial charge in [-0.25, -0.2) is 9.78 Å². The van der Waals surface area contributed by atoms with Crippen molar-refractivity contribution in [3.8, 4) is 0 Å². The molecule has 1 fully saturated rings. The van der Waals surface area contributed by atoms with Crippen LogP contribution >= 0.6 is 11.3 Å². The third-order valence-electron chi connectivity index (χ3n) is 4.24. The Kier molecular flexibility index (Phi) is 5.82. The number of benzene rings is 1. The zero-order valence-corrected chi connectivity index (χ0v) is 14.8. The summed E-state index contributed by atoms with van der Waals surface area (Å²) in [6.07, 6.45) is 2.49.